The molecule has 0 spiro atoms. The Bertz CT molecular complexity index is 1480. The molecule has 3 N–H and O–H groups in total. The van der Waals surface area contributed by atoms with Crippen LogP contribution < -0.4 is 20.6 Å². The normalized spacial score (nSPS) is 19.6. The second-order valence-electron chi connectivity index (χ2n) is 8.29. The third-order valence-electron chi connectivity index (χ3n) is 5.88. The number of imidazole rings is 1. The maximum atomic E-state index is 13.0. The number of nitrogens with two attached hydrogens (primary N) is 1. The minimum Gasteiger partial charge on any atom is -0.543 e. The van der Waals surface area contributed by atoms with E-state index in [1.807, 2.05) is 46.6 Å². The van der Waals surface area contributed by atoms with Gasteiger partial charge in [-0.05, 0) is 26.0 Å². The average Bonchev–Trinajstić information content (AvgIpc) is 3.49. The number of hydrogen-bond donors (Lipinski definition) is 2. The molecule has 3 aromatic rings. The number of nitrogens with one attached hydrogen (secondary N) is 1. The number of aryl methyl sites for hydroxylation is 1. The van der Waals surface area contributed by atoms with E-state index in [1.165, 1.54) is 16.7 Å². The number of pyridine rings is 1. The number of hydrogen-bond acceptors (Lipinski definition) is 11. The van der Waals surface area contributed by atoms with E-state index in [0.29, 0.717) is 11.3 Å². The third-order valence-corrected chi connectivity index (χ3v) is 7.76. The lowest BCUT2D eigenvalue weighted by atomic mass is 10.0. The lowest BCUT2D eigenvalue weighted by Crippen LogP contribution is -2.71. The molecule has 192 valence electrons. The van der Waals surface area contributed by atoms with Crippen LogP contribution in [-0.2, 0) is 25.8 Å². The number of aliphatic carboxylic acids is 1. The summed E-state index contributed by atoms with van der Waals surface area (Å²) >= 11 is 2.24. The SMILES string of the molecule is CCO/N=C(/C(=O)N[C@@H]1C(=O)N2C(C(=O)[O-])=C(Cn3cc4cccc(C)[n+]4c3)CS[C@H]12)c1nsc(N)n1. The van der Waals surface area contributed by atoms with Gasteiger partial charge in [0.25, 0.3) is 11.8 Å². The number of thioether (sulfide) groups is 1. The zero-order chi connectivity index (χ0) is 26.3. The maximum absolute atomic E-state index is 13.0. The van der Waals surface area contributed by atoms with Crippen LogP contribution in [0.1, 0.15) is 18.4 Å². The minimum absolute atomic E-state index is 0.0294. The van der Waals surface area contributed by atoms with Gasteiger partial charge in [-0.1, -0.05) is 11.2 Å². The molecule has 2 amide bonds. The molecule has 2 aliphatic rings. The van der Waals surface area contributed by atoms with Crippen molar-refractivity contribution in [3.05, 3.63) is 53.5 Å². The molecule has 0 bridgehead atoms. The van der Waals surface area contributed by atoms with Crippen LogP contribution in [0.3, 0.4) is 0 Å². The molecular formula is C22H22N8O5S2. The summed E-state index contributed by atoms with van der Waals surface area (Å²) in [4.78, 5) is 48.3. The standard InChI is InChI=1S/C22H22N8O5S2/c1-3-35-26-14(17-25-22(23)37-27-17)18(31)24-15-19(32)30-16(21(33)34)12(9-36-20(15)30)7-28-8-13-6-4-5-11(2)29(13)10-28/h4-6,8,10,15,20H,3,7,9H2,1-2H3,(H3-,23,24,25,27,31,33,34)/b26-14+/t15-,20-/m1/s1. The summed E-state index contributed by atoms with van der Waals surface area (Å²) in [5, 5.41) is 18.0. The van der Waals surface area contributed by atoms with Gasteiger partial charge in [0, 0.05) is 22.9 Å². The molecule has 0 unspecified atom stereocenters. The molecule has 37 heavy (non-hydrogen) atoms. The van der Waals surface area contributed by atoms with Crippen molar-refractivity contribution in [2.24, 2.45) is 5.16 Å². The second-order valence-corrected chi connectivity index (χ2v) is 10.2. The molecule has 1 saturated heterocycles. The molecule has 2 aliphatic heterocycles. The lowest BCUT2D eigenvalue weighted by Gasteiger charge is -2.50. The first-order valence-corrected chi connectivity index (χ1v) is 13.1. The number of aromatic nitrogens is 4. The van der Waals surface area contributed by atoms with Gasteiger partial charge in [-0.2, -0.15) is 13.8 Å². The number of carbonyl (C=O) groups is 3. The summed E-state index contributed by atoms with van der Waals surface area (Å²) in [5.41, 5.74) is 7.75. The number of oxime groups is 1. The van der Waals surface area contributed by atoms with Crippen LogP contribution in [0.2, 0.25) is 0 Å². The molecular weight excluding hydrogens is 520 g/mol. The molecule has 3 aromatic heterocycles. The fourth-order valence-electron chi connectivity index (χ4n) is 4.22. The van der Waals surface area contributed by atoms with Crippen LogP contribution in [0.15, 0.2) is 47.1 Å². The molecule has 15 heteroatoms. The molecule has 2 atom stereocenters. The Hall–Kier alpha value is -3.98. The van der Waals surface area contributed by atoms with Gasteiger partial charge in [-0.15, -0.1) is 11.8 Å². The van der Waals surface area contributed by atoms with E-state index < -0.39 is 29.2 Å². The average molecular weight is 543 g/mol. The fraction of sp³-hybridized carbons (Fsp3) is 0.318. The highest BCUT2D eigenvalue weighted by Crippen LogP contribution is 2.40. The molecule has 0 radical (unpaired) electrons. The van der Waals surface area contributed by atoms with Gasteiger partial charge in [-0.3, -0.25) is 14.5 Å². The first kappa shape index (κ1) is 24.7. The smallest absolute Gasteiger partial charge is 0.278 e. The van der Waals surface area contributed by atoms with E-state index in [1.54, 1.807) is 6.92 Å². The number of nitrogens with zero attached hydrogens (tertiary/aromatic N) is 6. The van der Waals surface area contributed by atoms with Crippen molar-refractivity contribution in [1.29, 1.82) is 0 Å². The largest absolute Gasteiger partial charge is 0.543 e. The summed E-state index contributed by atoms with van der Waals surface area (Å²) in [6, 6.07) is 4.90. The van der Waals surface area contributed by atoms with Crippen molar-refractivity contribution < 1.29 is 28.7 Å². The number of carbonyl (C=O) groups excluding carboxylic acids is 3. The highest BCUT2D eigenvalue weighted by atomic mass is 32.2. The van der Waals surface area contributed by atoms with E-state index in [0.717, 1.165) is 22.7 Å². The first-order valence-electron chi connectivity index (χ1n) is 11.2. The van der Waals surface area contributed by atoms with Gasteiger partial charge >= 0.3 is 0 Å². The zero-order valence-electron chi connectivity index (χ0n) is 19.8. The summed E-state index contributed by atoms with van der Waals surface area (Å²) in [6.45, 7) is 4.13. The fourth-order valence-corrected chi connectivity index (χ4v) is 5.99. The predicted octanol–water partition coefficient (Wildman–Crippen LogP) is -1.19. The van der Waals surface area contributed by atoms with Crippen molar-refractivity contribution in [3.8, 4) is 0 Å². The van der Waals surface area contributed by atoms with Crippen LogP contribution in [0.25, 0.3) is 5.52 Å². The van der Waals surface area contributed by atoms with Crippen LogP contribution in [0, 0.1) is 6.92 Å². The van der Waals surface area contributed by atoms with Crippen LogP contribution in [0.5, 0.6) is 0 Å². The van der Waals surface area contributed by atoms with Crippen molar-refractivity contribution in [2.75, 3.05) is 18.1 Å². The van der Waals surface area contributed by atoms with E-state index in [9.17, 15) is 19.5 Å². The summed E-state index contributed by atoms with van der Waals surface area (Å²) in [6.07, 6.45) is 3.78. The number of nitrogen functional groups attached to an aromatic ring is 1. The number of carboxylic acids is 1. The molecule has 0 aromatic carbocycles. The molecule has 5 heterocycles. The number of rotatable bonds is 8. The van der Waals surface area contributed by atoms with Gasteiger partial charge in [0.15, 0.2) is 10.6 Å². The monoisotopic (exact) mass is 542 g/mol. The highest BCUT2D eigenvalue weighted by molar-refractivity contribution is 8.00. The Labute approximate surface area is 218 Å². The lowest BCUT2D eigenvalue weighted by molar-refractivity contribution is -0.520. The van der Waals surface area contributed by atoms with E-state index >= 15 is 0 Å². The number of fused-ring (bicyclic) bond motifs is 2. The van der Waals surface area contributed by atoms with Gasteiger partial charge in [0.2, 0.25) is 17.9 Å². The van der Waals surface area contributed by atoms with E-state index in [4.69, 9.17) is 10.6 Å². The highest BCUT2D eigenvalue weighted by Gasteiger charge is 2.53. The second kappa shape index (κ2) is 9.82. The Morgan fingerprint density at radius 1 is 1.41 bits per heavy atom. The van der Waals surface area contributed by atoms with Crippen molar-refractivity contribution in [2.45, 2.75) is 31.8 Å². The molecule has 1 fully saturated rings. The van der Waals surface area contributed by atoms with Gasteiger partial charge < -0.3 is 25.8 Å². The Balaban J connectivity index is 1.36. The topological polar surface area (TPSA) is 172 Å². The van der Waals surface area contributed by atoms with E-state index in [2.05, 4.69) is 19.8 Å². The Morgan fingerprint density at radius 3 is 2.89 bits per heavy atom. The molecule has 13 nitrogen and oxygen atoms in total. The Kier molecular flexibility index (Phi) is 6.55. The third kappa shape index (κ3) is 4.51. The van der Waals surface area contributed by atoms with Gasteiger partial charge in [0.1, 0.15) is 36.5 Å². The van der Waals surface area contributed by atoms with Crippen LogP contribution in [-0.4, -0.2) is 66.1 Å². The van der Waals surface area contributed by atoms with Crippen molar-refractivity contribution in [1.82, 2.24) is 24.1 Å². The maximum Gasteiger partial charge on any atom is 0.278 e. The molecule has 0 aliphatic carbocycles. The summed E-state index contributed by atoms with van der Waals surface area (Å²) in [5.74, 6) is -2.43. The number of carboxylic acid groups (broad SMARTS) is 1. The molecule has 0 saturated carbocycles. The first-order chi connectivity index (χ1) is 17.8. The van der Waals surface area contributed by atoms with Crippen molar-refractivity contribution in [3.63, 3.8) is 0 Å². The van der Waals surface area contributed by atoms with Crippen LogP contribution in [0.4, 0.5) is 5.13 Å². The number of amides is 2. The van der Waals surface area contributed by atoms with Crippen LogP contribution >= 0.6 is 23.3 Å². The zero-order valence-corrected chi connectivity index (χ0v) is 21.4. The van der Waals surface area contributed by atoms with Crippen molar-refractivity contribution >= 4 is 57.4 Å². The Morgan fingerprint density at radius 2 is 2.22 bits per heavy atom. The number of anilines is 1. The van der Waals surface area contributed by atoms with Gasteiger partial charge in [-0.25, -0.2) is 4.57 Å². The van der Waals surface area contributed by atoms with Gasteiger partial charge in [0.05, 0.1) is 11.7 Å². The van der Waals surface area contributed by atoms with E-state index in [-0.39, 0.29) is 35.5 Å². The summed E-state index contributed by atoms with van der Waals surface area (Å²) in [7, 11) is 0. The molecule has 5 rings (SSSR count). The predicted molar refractivity (Wildman–Crippen MR) is 132 cm³/mol. The quantitative estimate of drug-likeness (QED) is 0.154. The summed E-state index contributed by atoms with van der Waals surface area (Å²) < 4.78 is 7.84. The number of β-lactam (4-membered cyclic amide) rings is 1. The minimum atomic E-state index is -1.44.